The molecule has 2 heterocycles. The summed E-state index contributed by atoms with van der Waals surface area (Å²) in [5.74, 6) is 3.05. The summed E-state index contributed by atoms with van der Waals surface area (Å²) in [6.45, 7) is 6.43. The van der Waals surface area contributed by atoms with Gasteiger partial charge in [0.2, 0.25) is 6.79 Å². The summed E-state index contributed by atoms with van der Waals surface area (Å²) in [5.41, 5.74) is 1.44. The molecule has 1 aliphatic rings. The Morgan fingerprint density at radius 3 is 2.48 bits per heavy atom. The van der Waals surface area contributed by atoms with Gasteiger partial charge in [0.25, 0.3) is 0 Å². The van der Waals surface area contributed by atoms with Gasteiger partial charge < -0.3 is 26.6 Å². The van der Waals surface area contributed by atoms with Crippen molar-refractivity contribution in [1.82, 2.24) is 0 Å². The molecule has 5 heteroatoms. The van der Waals surface area contributed by atoms with Crippen LogP contribution in [-0.4, -0.2) is 13.4 Å². The quantitative estimate of drug-likeness (QED) is 0.519. The lowest BCUT2D eigenvalue weighted by atomic mass is 9.95. The molecule has 0 saturated heterocycles. The van der Waals surface area contributed by atoms with Crippen molar-refractivity contribution < 1.29 is 31.2 Å². The second-order valence-electron chi connectivity index (χ2n) is 6.10. The first kappa shape index (κ1) is 19.4. The van der Waals surface area contributed by atoms with Gasteiger partial charge in [-0.15, -0.1) is 0 Å². The molecule has 0 fully saturated rings. The van der Waals surface area contributed by atoms with E-state index in [2.05, 4.69) is 42.9 Å². The molecule has 0 unspecified atom stereocenters. The maximum Gasteiger partial charge on any atom is 0.231 e. The van der Waals surface area contributed by atoms with E-state index in [1.54, 1.807) is 0 Å². The third-order valence-electron chi connectivity index (χ3n) is 4.55. The van der Waals surface area contributed by atoms with E-state index in [1.165, 1.54) is 18.4 Å². The average Bonchev–Trinajstić information content (AvgIpc) is 3.09. The van der Waals surface area contributed by atoms with Crippen LogP contribution < -0.4 is 31.2 Å². The van der Waals surface area contributed by atoms with Gasteiger partial charge in [-0.3, -0.25) is 0 Å². The highest BCUT2D eigenvalue weighted by molar-refractivity contribution is 5.46. The number of pyridine rings is 1. The first-order chi connectivity index (χ1) is 11.8. The van der Waals surface area contributed by atoms with Crippen LogP contribution in [0.1, 0.15) is 44.6 Å². The zero-order valence-corrected chi connectivity index (χ0v) is 15.7. The molecule has 1 aliphatic heterocycles. The van der Waals surface area contributed by atoms with Gasteiger partial charge in [0.15, 0.2) is 30.4 Å². The number of aromatic nitrogens is 1. The number of ether oxygens (including phenoxy) is 3. The number of rotatable bonds is 8. The average molecular weight is 364 g/mol. The number of fused-ring (bicyclic) bond motifs is 1. The van der Waals surface area contributed by atoms with Gasteiger partial charge >= 0.3 is 0 Å². The van der Waals surface area contributed by atoms with Crippen LogP contribution in [0.25, 0.3) is 0 Å². The summed E-state index contributed by atoms with van der Waals surface area (Å²) < 4.78 is 18.7. The molecule has 2 aromatic rings. The Bertz CT molecular complexity index is 656. The van der Waals surface area contributed by atoms with Crippen molar-refractivity contribution in [1.29, 1.82) is 0 Å². The van der Waals surface area contributed by atoms with Crippen molar-refractivity contribution in [2.24, 2.45) is 0 Å². The summed E-state index contributed by atoms with van der Waals surface area (Å²) in [6.07, 6.45) is 7.71. The van der Waals surface area contributed by atoms with Gasteiger partial charge in [-0.05, 0) is 36.5 Å². The van der Waals surface area contributed by atoms with Gasteiger partial charge in [-0.1, -0.05) is 13.8 Å². The topological polar surface area (TPSA) is 31.6 Å². The Morgan fingerprint density at radius 2 is 1.76 bits per heavy atom. The highest BCUT2D eigenvalue weighted by atomic mass is 35.5. The Kier molecular flexibility index (Phi) is 7.38. The zero-order valence-electron chi connectivity index (χ0n) is 14.9. The molecule has 3 rings (SSSR count). The number of aryl methyl sites for hydroxylation is 1. The minimum Gasteiger partial charge on any atom is -1.00 e. The van der Waals surface area contributed by atoms with E-state index in [4.69, 9.17) is 14.2 Å². The summed E-state index contributed by atoms with van der Waals surface area (Å²) in [6, 6.07) is 10.2. The maximum absolute atomic E-state index is 5.80. The van der Waals surface area contributed by atoms with Gasteiger partial charge in [0.05, 0.1) is 6.61 Å². The predicted octanol–water partition coefficient (Wildman–Crippen LogP) is 1.08. The van der Waals surface area contributed by atoms with E-state index in [1.807, 2.05) is 18.2 Å². The van der Waals surface area contributed by atoms with Crippen LogP contribution in [0.5, 0.6) is 17.2 Å². The lowest BCUT2D eigenvalue weighted by molar-refractivity contribution is -0.697. The van der Waals surface area contributed by atoms with Crippen LogP contribution >= 0.6 is 0 Å². The standard InChI is InChI=1S/C20H26NO3.ClH/c1-3-16(4-2)17-8-11-21(12-9-17)10-5-13-22-18-6-7-19-20(14-18)24-15-23-19;/h6-9,11-12,14,16H,3-5,10,13,15H2,1-2H3;1H/q+1;/p-1. The third-order valence-corrected chi connectivity index (χ3v) is 4.55. The molecule has 136 valence electrons. The van der Waals surface area contributed by atoms with Crippen LogP contribution in [0.4, 0.5) is 0 Å². The first-order valence-electron chi connectivity index (χ1n) is 8.81. The normalized spacial score (nSPS) is 12.1. The molecule has 0 N–H and O–H groups in total. The molecule has 0 bridgehead atoms. The lowest BCUT2D eigenvalue weighted by Gasteiger charge is -2.11. The Hall–Kier alpha value is -1.94. The Balaban J connectivity index is 0.00000225. The molecule has 0 amide bonds. The monoisotopic (exact) mass is 363 g/mol. The van der Waals surface area contributed by atoms with E-state index in [-0.39, 0.29) is 12.4 Å². The minimum absolute atomic E-state index is 0. The molecule has 0 saturated carbocycles. The summed E-state index contributed by atoms with van der Waals surface area (Å²) >= 11 is 0. The van der Waals surface area contributed by atoms with Crippen LogP contribution in [0, 0.1) is 0 Å². The van der Waals surface area contributed by atoms with Gasteiger partial charge in [-0.2, -0.15) is 0 Å². The molecule has 25 heavy (non-hydrogen) atoms. The molecular weight excluding hydrogens is 338 g/mol. The van der Waals surface area contributed by atoms with Gasteiger partial charge in [0.1, 0.15) is 5.75 Å². The minimum atomic E-state index is 0. The summed E-state index contributed by atoms with van der Waals surface area (Å²) in [7, 11) is 0. The molecule has 1 aromatic heterocycles. The van der Waals surface area contributed by atoms with Crippen LogP contribution in [0.3, 0.4) is 0 Å². The number of hydrogen-bond acceptors (Lipinski definition) is 3. The summed E-state index contributed by atoms with van der Waals surface area (Å²) in [5, 5.41) is 0. The second kappa shape index (κ2) is 9.52. The smallest absolute Gasteiger partial charge is 0.231 e. The number of hydrogen-bond donors (Lipinski definition) is 0. The van der Waals surface area contributed by atoms with E-state index in [0.717, 1.165) is 30.2 Å². The molecule has 4 nitrogen and oxygen atoms in total. The lowest BCUT2D eigenvalue weighted by Crippen LogP contribution is -3.00. The largest absolute Gasteiger partial charge is 1.00 e. The number of nitrogens with zero attached hydrogens (tertiary/aromatic N) is 1. The zero-order chi connectivity index (χ0) is 16.8. The van der Waals surface area contributed by atoms with Crippen molar-refractivity contribution in [3.63, 3.8) is 0 Å². The fourth-order valence-electron chi connectivity index (χ4n) is 3.05. The predicted molar refractivity (Wildman–Crippen MR) is 92.6 cm³/mol. The number of halogens is 1. The van der Waals surface area contributed by atoms with Gasteiger partial charge in [0, 0.05) is 24.6 Å². The SMILES string of the molecule is CCC(CC)c1cc[n+](CCCOc2ccc3c(c2)OCO3)cc1.[Cl-]. The Morgan fingerprint density at radius 1 is 1.04 bits per heavy atom. The summed E-state index contributed by atoms with van der Waals surface area (Å²) in [4.78, 5) is 0. The maximum atomic E-state index is 5.80. The fourth-order valence-corrected chi connectivity index (χ4v) is 3.05. The molecular formula is C20H26ClNO3. The molecule has 0 aliphatic carbocycles. The first-order valence-corrected chi connectivity index (χ1v) is 8.81. The fraction of sp³-hybridized carbons (Fsp3) is 0.450. The van der Waals surface area contributed by atoms with E-state index in [9.17, 15) is 0 Å². The van der Waals surface area contributed by atoms with Crippen LogP contribution in [-0.2, 0) is 6.54 Å². The van der Waals surface area contributed by atoms with Crippen molar-refractivity contribution in [2.45, 2.75) is 45.6 Å². The molecule has 0 radical (unpaired) electrons. The van der Waals surface area contributed by atoms with Crippen LogP contribution in [0.2, 0.25) is 0 Å². The van der Waals surface area contributed by atoms with Gasteiger partial charge in [-0.25, -0.2) is 4.57 Å². The van der Waals surface area contributed by atoms with Crippen molar-refractivity contribution in [2.75, 3.05) is 13.4 Å². The highest BCUT2D eigenvalue weighted by Crippen LogP contribution is 2.35. The molecule has 0 atom stereocenters. The van der Waals surface area contributed by atoms with E-state index in [0.29, 0.717) is 19.3 Å². The third kappa shape index (κ3) is 5.02. The highest BCUT2D eigenvalue weighted by Gasteiger charge is 2.13. The van der Waals surface area contributed by atoms with Crippen molar-refractivity contribution in [3.05, 3.63) is 48.3 Å². The van der Waals surface area contributed by atoms with E-state index >= 15 is 0 Å². The second-order valence-corrected chi connectivity index (χ2v) is 6.10. The number of benzene rings is 1. The van der Waals surface area contributed by atoms with Crippen molar-refractivity contribution >= 4 is 0 Å². The molecule has 1 aromatic carbocycles. The van der Waals surface area contributed by atoms with E-state index < -0.39 is 0 Å². The molecule has 0 spiro atoms. The van der Waals surface area contributed by atoms with Crippen LogP contribution in [0.15, 0.2) is 42.7 Å². The van der Waals surface area contributed by atoms with Crippen molar-refractivity contribution in [3.8, 4) is 17.2 Å². The Labute approximate surface area is 156 Å².